The first-order valence-electron chi connectivity index (χ1n) is 20.1. The molecule has 8 rings (SSSR count). The Bertz CT molecular complexity index is 3000. The molecule has 2 amide bonds. The molecule has 16 heteroatoms. The van der Waals surface area contributed by atoms with E-state index in [4.69, 9.17) is 19.9 Å². The SMILES string of the molecule is CCOC(=O)c1ccc(-c2cccc3cc(COc4cccc(C(F)(F)F)c4)sc23)cc1.NC(=O)CNC(=O)c1ccc(-c2cccc3cc(COc4cccc(C(F)(F)F)c4)sc23)cc1. The average molecular weight is 941 g/mol. The highest BCUT2D eigenvalue weighted by Crippen LogP contribution is 2.38. The fraction of sp³-hybridized carbons (Fsp3) is 0.140. The van der Waals surface area contributed by atoms with E-state index in [-0.39, 0.29) is 37.2 Å². The Balaban J connectivity index is 0.000000197. The number of fused-ring (bicyclic) bond motifs is 2. The lowest BCUT2D eigenvalue weighted by molar-refractivity contribution is -0.138. The summed E-state index contributed by atoms with van der Waals surface area (Å²) in [7, 11) is 0. The summed E-state index contributed by atoms with van der Waals surface area (Å²) >= 11 is 3.02. The molecule has 0 aliphatic carbocycles. The van der Waals surface area contributed by atoms with Crippen molar-refractivity contribution in [1.29, 1.82) is 0 Å². The van der Waals surface area contributed by atoms with E-state index < -0.39 is 35.3 Å². The molecule has 0 saturated carbocycles. The van der Waals surface area contributed by atoms with Crippen molar-refractivity contribution in [3.05, 3.63) is 178 Å². The molecule has 0 aliphatic rings. The van der Waals surface area contributed by atoms with Crippen LogP contribution in [0.25, 0.3) is 42.4 Å². The molecule has 0 atom stereocenters. The summed E-state index contributed by atoms with van der Waals surface area (Å²) in [5.41, 5.74) is 8.26. The van der Waals surface area contributed by atoms with Crippen LogP contribution in [0.15, 0.2) is 146 Å². The molecule has 0 fully saturated rings. The summed E-state index contributed by atoms with van der Waals surface area (Å²) in [5.74, 6) is -1.05. The molecule has 0 aliphatic heterocycles. The van der Waals surface area contributed by atoms with Crippen LogP contribution >= 0.6 is 22.7 Å². The van der Waals surface area contributed by atoms with Crippen molar-refractivity contribution in [3.8, 4) is 33.8 Å². The number of carbonyl (C=O) groups excluding carboxylic acids is 3. The number of nitrogens with two attached hydrogens (primary N) is 1. The van der Waals surface area contributed by atoms with Gasteiger partial charge in [-0.2, -0.15) is 26.3 Å². The molecule has 2 heterocycles. The van der Waals surface area contributed by atoms with Crippen LogP contribution in [-0.2, 0) is 35.1 Å². The summed E-state index contributed by atoms with van der Waals surface area (Å²) in [4.78, 5) is 36.6. The second-order valence-corrected chi connectivity index (χ2v) is 16.8. The Kier molecular flexibility index (Phi) is 14.4. The summed E-state index contributed by atoms with van der Waals surface area (Å²) in [6.07, 6.45) is -8.83. The fourth-order valence-electron chi connectivity index (χ4n) is 6.73. The third-order valence-corrected chi connectivity index (χ3v) is 12.2. The van der Waals surface area contributed by atoms with Crippen LogP contribution < -0.4 is 20.5 Å². The maximum Gasteiger partial charge on any atom is 0.416 e. The number of alkyl halides is 6. The van der Waals surface area contributed by atoms with E-state index in [9.17, 15) is 40.7 Å². The Morgan fingerprint density at radius 1 is 0.576 bits per heavy atom. The monoisotopic (exact) mass is 940 g/mol. The van der Waals surface area contributed by atoms with Gasteiger partial charge in [0.2, 0.25) is 5.91 Å². The smallest absolute Gasteiger partial charge is 0.416 e. The minimum absolute atomic E-state index is 0.138. The third kappa shape index (κ3) is 11.7. The lowest BCUT2D eigenvalue weighted by atomic mass is 10.0. The van der Waals surface area contributed by atoms with Crippen LogP contribution in [0.4, 0.5) is 26.3 Å². The van der Waals surface area contributed by atoms with Gasteiger partial charge in [-0.25, -0.2) is 4.79 Å². The fourth-order valence-corrected chi connectivity index (χ4v) is 8.95. The number of carbonyl (C=O) groups is 3. The number of hydrogen-bond acceptors (Lipinski definition) is 8. The lowest BCUT2D eigenvalue weighted by Crippen LogP contribution is -2.33. The third-order valence-electron chi connectivity index (χ3n) is 9.86. The minimum atomic E-state index is -4.43. The van der Waals surface area contributed by atoms with Crippen LogP contribution in [0.3, 0.4) is 0 Å². The van der Waals surface area contributed by atoms with Gasteiger partial charge in [0.15, 0.2) is 0 Å². The summed E-state index contributed by atoms with van der Waals surface area (Å²) in [6.45, 7) is 2.15. The van der Waals surface area contributed by atoms with Gasteiger partial charge in [0, 0.05) is 24.7 Å². The number of primary amides is 1. The Labute approximate surface area is 382 Å². The lowest BCUT2D eigenvalue weighted by Gasteiger charge is -2.09. The highest BCUT2D eigenvalue weighted by molar-refractivity contribution is 7.20. The Morgan fingerprint density at radius 2 is 1.02 bits per heavy atom. The molecule has 0 radical (unpaired) electrons. The largest absolute Gasteiger partial charge is 0.488 e. The number of benzene rings is 6. The number of nitrogens with one attached hydrogen (secondary N) is 1. The second-order valence-electron chi connectivity index (χ2n) is 14.5. The van der Waals surface area contributed by atoms with Crippen molar-refractivity contribution in [2.45, 2.75) is 32.5 Å². The standard InChI is InChI=1S/C25H19F3N2O3S.C25H19F3O3S/c26-25(27,28)18-4-2-5-19(12-18)33-14-20-11-17-3-1-6-21(23(17)34-20)15-7-9-16(10-8-15)24(32)30-13-22(29)31;1-2-30-24(29)17-11-9-16(10-12-17)22-8-3-5-18-13-21(32-23(18)22)15-31-20-7-4-6-19(14-20)25(26,27)28/h1-12H,13-14H2,(H2,29,31)(H,30,32);3-14H,2,15H2,1H3. The van der Waals surface area contributed by atoms with Gasteiger partial charge < -0.3 is 25.3 Å². The minimum Gasteiger partial charge on any atom is -0.488 e. The molecule has 8 nitrogen and oxygen atoms in total. The molecule has 0 unspecified atom stereocenters. The first kappa shape index (κ1) is 46.8. The van der Waals surface area contributed by atoms with Crippen molar-refractivity contribution >= 4 is 60.6 Å². The molecule has 6 aromatic carbocycles. The predicted octanol–water partition coefficient (Wildman–Crippen LogP) is 12.7. The number of esters is 1. The van der Waals surface area contributed by atoms with Gasteiger partial charge in [-0.05, 0) is 113 Å². The van der Waals surface area contributed by atoms with Crippen molar-refractivity contribution in [3.63, 3.8) is 0 Å². The molecule has 66 heavy (non-hydrogen) atoms. The zero-order valence-corrected chi connectivity index (χ0v) is 36.4. The summed E-state index contributed by atoms with van der Waals surface area (Å²) in [5, 5.41) is 4.44. The quantitative estimate of drug-likeness (QED) is 0.0878. The zero-order valence-electron chi connectivity index (χ0n) is 34.8. The first-order chi connectivity index (χ1) is 31.5. The molecular weight excluding hydrogens is 903 g/mol. The van der Waals surface area contributed by atoms with Gasteiger partial charge in [0.05, 0.1) is 29.8 Å². The molecule has 3 N–H and O–H groups in total. The van der Waals surface area contributed by atoms with Crippen molar-refractivity contribution < 1.29 is 54.9 Å². The number of halogens is 6. The van der Waals surface area contributed by atoms with Gasteiger partial charge in [0.1, 0.15) is 24.7 Å². The zero-order chi connectivity index (χ0) is 47.0. The number of rotatable bonds is 13. The molecule has 0 saturated heterocycles. The number of amides is 2. The second kappa shape index (κ2) is 20.3. The van der Waals surface area contributed by atoms with E-state index >= 15 is 0 Å². The molecule has 338 valence electrons. The number of ether oxygens (including phenoxy) is 3. The average Bonchev–Trinajstić information content (AvgIpc) is 3.94. The molecule has 0 spiro atoms. The van der Waals surface area contributed by atoms with Crippen LogP contribution in [0, 0.1) is 0 Å². The van der Waals surface area contributed by atoms with Gasteiger partial charge in [-0.3, -0.25) is 9.59 Å². The van der Waals surface area contributed by atoms with Crippen LogP contribution in [-0.4, -0.2) is 30.9 Å². The van der Waals surface area contributed by atoms with E-state index in [1.54, 1.807) is 31.2 Å². The molecule has 2 aromatic heterocycles. The van der Waals surface area contributed by atoms with Gasteiger partial charge in [-0.15, -0.1) is 22.7 Å². The Hall–Kier alpha value is -7.17. The van der Waals surface area contributed by atoms with Gasteiger partial charge in [-0.1, -0.05) is 72.8 Å². The van der Waals surface area contributed by atoms with E-state index in [1.165, 1.54) is 46.9 Å². The van der Waals surface area contributed by atoms with Crippen LogP contribution in [0.2, 0.25) is 0 Å². The van der Waals surface area contributed by atoms with Gasteiger partial charge >= 0.3 is 18.3 Å². The van der Waals surface area contributed by atoms with Crippen molar-refractivity contribution in [1.82, 2.24) is 5.32 Å². The molecular formula is C50H38F6N2O6S2. The van der Waals surface area contributed by atoms with E-state index in [1.807, 2.05) is 72.8 Å². The van der Waals surface area contributed by atoms with Crippen molar-refractivity contribution in [2.24, 2.45) is 5.73 Å². The normalized spacial score (nSPS) is 11.4. The van der Waals surface area contributed by atoms with Crippen LogP contribution in [0.1, 0.15) is 48.5 Å². The molecule has 0 bridgehead atoms. The maximum atomic E-state index is 12.9. The highest BCUT2D eigenvalue weighted by Gasteiger charge is 2.31. The van der Waals surface area contributed by atoms with E-state index in [0.717, 1.165) is 76.4 Å². The molecule has 8 aromatic rings. The Morgan fingerprint density at radius 3 is 1.44 bits per heavy atom. The predicted molar refractivity (Wildman–Crippen MR) is 244 cm³/mol. The highest BCUT2D eigenvalue weighted by atomic mass is 32.1. The summed E-state index contributed by atoms with van der Waals surface area (Å²) < 4.78 is 95.8. The van der Waals surface area contributed by atoms with E-state index in [2.05, 4.69) is 5.32 Å². The first-order valence-corrected chi connectivity index (χ1v) is 21.8. The van der Waals surface area contributed by atoms with Crippen molar-refractivity contribution in [2.75, 3.05) is 13.2 Å². The van der Waals surface area contributed by atoms with Gasteiger partial charge in [0.25, 0.3) is 5.91 Å². The summed E-state index contributed by atoms with van der Waals surface area (Å²) in [6, 6.07) is 39.5. The maximum absolute atomic E-state index is 12.9. The van der Waals surface area contributed by atoms with E-state index in [0.29, 0.717) is 17.7 Å². The number of thiophene rings is 2. The van der Waals surface area contributed by atoms with Crippen LogP contribution in [0.5, 0.6) is 11.5 Å². The number of hydrogen-bond donors (Lipinski definition) is 2. The topological polar surface area (TPSA) is 117 Å².